The molecule has 0 saturated carbocycles. The van der Waals surface area contributed by atoms with Gasteiger partial charge in [-0.25, -0.2) is 4.98 Å². The first-order chi connectivity index (χ1) is 15.1. The minimum absolute atomic E-state index is 0.0967. The summed E-state index contributed by atoms with van der Waals surface area (Å²) in [5.74, 6) is 0.756. The number of aromatic nitrogens is 2. The van der Waals surface area contributed by atoms with Crippen LogP contribution in [0.5, 0.6) is 11.5 Å². The number of fused-ring (bicyclic) bond motifs is 2. The molecule has 31 heavy (non-hydrogen) atoms. The van der Waals surface area contributed by atoms with E-state index in [2.05, 4.69) is 10.3 Å². The van der Waals surface area contributed by atoms with Crippen molar-refractivity contribution >= 4 is 11.6 Å². The van der Waals surface area contributed by atoms with E-state index in [0.717, 1.165) is 40.9 Å². The Morgan fingerprint density at radius 2 is 2.06 bits per heavy atom. The van der Waals surface area contributed by atoms with E-state index in [-0.39, 0.29) is 11.9 Å². The molecule has 2 heterocycles. The first-order valence-corrected chi connectivity index (χ1v) is 10.4. The lowest BCUT2D eigenvalue weighted by Crippen LogP contribution is -2.27. The van der Waals surface area contributed by atoms with Crippen LogP contribution in [0.1, 0.15) is 45.2 Å². The maximum absolute atomic E-state index is 12.8. The summed E-state index contributed by atoms with van der Waals surface area (Å²) in [7, 11) is 0. The standard InChI is InChI=1S/C25H23N3O3/c1-16-8-11-24-26-18(14-28(24)13-16)15-31-19-5-2-4-17(12-19)25(30)27-22-10-9-21-20(22)6-3-7-23(21)29/h2-8,11-14,22,29H,9-10,15H2,1H3,(H,27,30). The summed E-state index contributed by atoms with van der Waals surface area (Å²) >= 11 is 0. The first kappa shape index (κ1) is 19.2. The quantitative estimate of drug-likeness (QED) is 0.510. The second-order valence-corrected chi connectivity index (χ2v) is 7.93. The Labute approximate surface area is 180 Å². The van der Waals surface area contributed by atoms with Gasteiger partial charge in [-0.3, -0.25) is 4.79 Å². The Morgan fingerprint density at radius 3 is 2.97 bits per heavy atom. The lowest BCUT2D eigenvalue weighted by molar-refractivity contribution is 0.0936. The SMILES string of the molecule is Cc1ccc2nc(COc3cccc(C(=O)NC4CCc5c(O)cccc54)c3)cn2c1. The molecule has 156 valence electrons. The van der Waals surface area contributed by atoms with Crippen LogP contribution < -0.4 is 10.1 Å². The summed E-state index contributed by atoms with van der Waals surface area (Å²) < 4.78 is 7.88. The number of rotatable bonds is 5. The van der Waals surface area contributed by atoms with Gasteiger partial charge in [0.2, 0.25) is 0 Å². The number of phenols is 1. The average Bonchev–Trinajstić information content (AvgIpc) is 3.37. The molecule has 2 aromatic heterocycles. The summed E-state index contributed by atoms with van der Waals surface area (Å²) in [6.07, 6.45) is 5.51. The van der Waals surface area contributed by atoms with Gasteiger partial charge < -0.3 is 19.6 Å². The fourth-order valence-electron chi connectivity index (χ4n) is 4.14. The number of ether oxygens (including phenoxy) is 1. The van der Waals surface area contributed by atoms with Crippen molar-refractivity contribution in [3.8, 4) is 11.5 Å². The Bertz CT molecular complexity index is 1280. The van der Waals surface area contributed by atoms with Crippen molar-refractivity contribution in [1.82, 2.24) is 14.7 Å². The average molecular weight is 413 g/mol. The molecule has 2 N–H and O–H groups in total. The van der Waals surface area contributed by atoms with Crippen LogP contribution in [0, 0.1) is 6.92 Å². The van der Waals surface area contributed by atoms with Crippen LogP contribution in [0.15, 0.2) is 67.0 Å². The zero-order valence-electron chi connectivity index (χ0n) is 17.2. The molecule has 0 saturated heterocycles. The number of pyridine rings is 1. The third-order valence-corrected chi connectivity index (χ3v) is 5.68. The summed E-state index contributed by atoms with van der Waals surface area (Å²) in [5, 5.41) is 13.1. The van der Waals surface area contributed by atoms with E-state index in [9.17, 15) is 9.90 Å². The largest absolute Gasteiger partial charge is 0.508 e. The number of carbonyl (C=O) groups excluding carboxylic acids is 1. The van der Waals surface area contributed by atoms with Crippen molar-refractivity contribution < 1.29 is 14.6 Å². The van der Waals surface area contributed by atoms with Crippen LogP contribution in [-0.4, -0.2) is 20.4 Å². The van der Waals surface area contributed by atoms with Gasteiger partial charge >= 0.3 is 0 Å². The van der Waals surface area contributed by atoms with Crippen molar-refractivity contribution in [3.05, 3.63) is 94.9 Å². The lowest BCUT2D eigenvalue weighted by Gasteiger charge is -2.15. The molecule has 0 spiro atoms. The maximum atomic E-state index is 12.8. The predicted molar refractivity (Wildman–Crippen MR) is 117 cm³/mol. The van der Waals surface area contributed by atoms with Crippen molar-refractivity contribution in [2.75, 3.05) is 0 Å². The summed E-state index contributed by atoms with van der Waals surface area (Å²) in [6, 6.07) is 16.5. The number of benzene rings is 2. The van der Waals surface area contributed by atoms with Gasteiger partial charge in [-0.2, -0.15) is 0 Å². The molecule has 0 bridgehead atoms. The second kappa shape index (κ2) is 7.80. The van der Waals surface area contributed by atoms with Crippen LogP contribution in [0.4, 0.5) is 0 Å². The number of imidazole rings is 1. The molecule has 1 atom stereocenters. The fraction of sp³-hybridized carbons (Fsp3) is 0.200. The summed E-state index contributed by atoms with van der Waals surface area (Å²) in [4.78, 5) is 17.4. The molecular weight excluding hydrogens is 390 g/mol. The summed E-state index contributed by atoms with van der Waals surface area (Å²) in [5.41, 5.74) is 5.31. The number of carbonyl (C=O) groups is 1. The number of hydrogen-bond acceptors (Lipinski definition) is 4. The third kappa shape index (κ3) is 3.84. The van der Waals surface area contributed by atoms with E-state index in [4.69, 9.17) is 4.74 Å². The molecule has 1 aliphatic rings. The Balaban J connectivity index is 1.26. The number of hydrogen-bond donors (Lipinski definition) is 2. The highest BCUT2D eigenvalue weighted by atomic mass is 16.5. The van der Waals surface area contributed by atoms with E-state index in [1.807, 2.05) is 60.1 Å². The van der Waals surface area contributed by atoms with Crippen LogP contribution in [0.3, 0.4) is 0 Å². The Hall–Kier alpha value is -3.80. The van der Waals surface area contributed by atoms with Crippen molar-refractivity contribution in [3.63, 3.8) is 0 Å². The highest BCUT2D eigenvalue weighted by Crippen LogP contribution is 2.36. The van der Waals surface area contributed by atoms with Gasteiger partial charge in [-0.1, -0.05) is 24.3 Å². The van der Waals surface area contributed by atoms with E-state index >= 15 is 0 Å². The number of aromatic hydroxyl groups is 1. The molecule has 1 amide bonds. The molecule has 5 rings (SSSR count). The second-order valence-electron chi connectivity index (χ2n) is 7.93. The highest BCUT2D eigenvalue weighted by Gasteiger charge is 2.26. The van der Waals surface area contributed by atoms with E-state index in [0.29, 0.717) is 23.7 Å². The molecule has 1 unspecified atom stereocenters. The molecule has 0 radical (unpaired) electrons. The molecule has 1 aliphatic carbocycles. The number of phenolic OH excluding ortho intramolecular Hbond substituents is 1. The predicted octanol–water partition coefficient (Wildman–Crippen LogP) is 4.34. The molecule has 4 aromatic rings. The Kier molecular flexibility index (Phi) is 4.82. The number of amides is 1. The molecule has 0 aliphatic heterocycles. The maximum Gasteiger partial charge on any atom is 0.251 e. The van der Waals surface area contributed by atoms with Gasteiger partial charge in [0.15, 0.2) is 0 Å². The van der Waals surface area contributed by atoms with Crippen LogP contribution in [-0.2, 0) is 13.0 Å². The van der Waals surface area contributed by atoms with Gasteiger partial charge in [-0.15, -0.1) is 0 Å². The number of nitrogens with one attached hydrogen (secondary N) is 1. The van der Waals surface area contributed by atoms with Gasteiger partial charge in [0.05, 0.1) is 11.7 Å². The van der Waals surface area contributed by atoms with Gasteiger partial charge in [-0.05, 0) is 66.8 Å². The van der Waals surface area contributed by atoms with E-state index < -0.39 is 0 Å². The van der Waals surface area contributed by atoms with Gasteiger partial charge in [0, 0.05) is 18.0 Å². The number of nitrogens with zero attached hydrogens (tertiary/aromatic N) is 2. The molecule has 6 nitrogen and oxygen atoms in total. The van der Waals surface area contributed by atoms with E-state index in [1.54, 1.807) is 18.2 Å². The van der Waals surface area contributed by atoms with Crippen LogP contribution >= 0.6 is 0 Å². The topological polar surface area (TPSA) is 75.9 Å². The lowest BCUT2D eigenvalue weighted by atomic mass is 10.1. The number of aryl methyl sites for hydroxylation is 1. The minimum atomic E-state index is -0.158. The van der Waals surface area contributed by atoms with E-state index in [1.165, 1.54) is 0 Å². The normalized spacial score (nSPS) is 15.1. The van der Waals surface area contributed by atoms with Crippen molar-refractivity contribution in [2.24, 2.45) is 0 Å². The Morgan fingerprint density at radius 1 is 1.19 bits per heavy atom. The van der Waals surface area contributed by atoms with Crippen molar-refractivity contribution in [1.29, 1.82) is 0 Å². The first-order valence-electron chi connectivity index (χ1n) is 10.4. The highest BCUT2D eigenvalue weighted by molar-refractivity contribution is 5.95. The van der Waals surface area contributed by atoms with Crippen LogP contribution in [0.2, 0.25) is 0 Å². The fourth-order valence-corrected chi connectivity index (χ4v) is 4.14. The monoisotopic (exact) mass is 413 g/mol. The van der Waals surface area contributed by atoms with Crippen molar-refractivity contribution in [2.45, 2.75) is 32.4 Å². The van der Waals surface area contributed by atoms with Gasteiger partial charge in [0.1, 0.15) is 23.8 Å². The molecule has 2 aromatic carbocycles. The zero-order chi connectivity index (χ0) is 21.4. The molecular formula is C25H23N3O3. The smallest absolute Gasteiger partial charge is 0.251 e. The van der Waals surface area contributed by atoms with Gasteiger partial charge in [0.25, 0.3) is 5.91 Å². The molecule has 6 heteroatoms. The van der Waals surface area contributed by atoms with Crippen LogP contribution in [0.25, 0.3) is 5.65 Å². The zero-order valence-corrected chi connectivity index (χ0v) is 17.2. The minimum Gasteiger partial charge on any atom is -0.508 e. The summed E-state index contributed by atoms with van der Waals surface area (Å²) in [6.45, 7) is 2.36. The molecule has 0 fully saturated rings. The third-order valence-electron chi connectivity index (χ3n) is 5.68.